The third kappa shape index (κ3) is 4.56. The molecule has 1 fully saturated rings. The summed E-state index contributed by atoms with van der Waals surface area (Å²) in [5.41, 5.74) is 0. The lowest BCUT2D eigenvalue weighted by Crippen LogP contribution is -2.35. The van der Waals surface area contributed by atoms with E-state index in [0.717, 1.165) is 6.26 Å². The second-order valence-electron chi connectivity index (χ2n) is 6.52. The van der Waals surface area contributed by atoms with Gasteiger partial charge in [0.1, 0.15) is 17.6 Å². The predicted octanol–water partition coefficient (Wildman–Crippen LogP) is 0.260. The zero-order valence-corrected chi connectivity index (χ0v) is 15.3. The van der Waals surface area contributed by atoms with Crippen molar-refractivity contribution in [2.75, 3.05) is 33.9 Å². The standard InChI is InChI=1S/C15H25N3O5S/c1-16(2)11-7-14(15(19)20)18(8-11)10-13-6-5-12(23-13)9-17(3)24(4,21)22/h5-6,11,14H,7-10H2,1-4H3,(H,19,20)/t11-,14+/m1/s1. The van der Waals surface area contributed by atoms with Gasteiger partial charge in [0.2, 0.25) is 10.0 Å². The molecule has 0 bridgehead atoms. The van der Waals surface area contributed by atoms with Gasteiger partial charge in [0.25, 0.3) is 0 Å². The lowest BCUT2D eigenvalue weighted by molar-refractivity contribution is -0.142. The summed E-state index contributed by atoms with van der Waals surface area (Å²) in [6, 6.07) is 3.15. The van der Waals surface area contributed by atoms with E-state index in [0.29, 0.717) is 31.0 Å². The summed E-state index contributed by atoms with van der Waals surface area (Å²) in [4.78, 5) is 15.4. The Balaban J connectivity index is 2.04. The van der Waals surface area contributed by atoms with Gasteiger partial charge in [-0.25, -0.2) is 8.42 Å². The zero-order chi connectivity index (χ0) is 18.1. The summed E-state index contributed by atoms with van der Waals surface area (Å²) < 4.78 is 29.8. The number of hydrogen-bond donors (Lipinski definition) is 1. The first-order valence-corrected chi connectivity index (χ1v) is 9.55. The molecule has 2 atom stereocenters. The Kier molecular flexibility index (Phi) is 5.69. The maximum atomic E-state index is 11.5. The van der Waals surface area contributed by atoms with Crippen molar-refractivity contribution in [3.8, 4) is 0 Å². The molecule has 0 radical (unpaired) electrons. The highest BCUT2D eigenvalue weighted by molar-refractivity contribution is 7.88. The van der Waals surface area contributed by atoms with Crippen molar-refractivity contribution in [1.29, 1.82) is 0 Å². The number of nitrogens with zero attached hydrogens (tertiary/aromatic N) is 3. The molecule has 136 valence electrons. The minimum atomic E-state index is -3.27. The maximum absolute atomic E-state index is 11.5. The molecule has 1 aromatic rings. The summed E-state index contributed by atoms with van der Waals surface area (Å²) in [7, 11) is 2.10. The largest absolute Gasteiger partial charge is 0.480 e. The Morgan fingerprint density at radius 1 is 1.33 bits per heavy atom. The topological polar surface area (TPSA) is 94.3 Å². The van der Waals surface area contributed by atoms with Crippen LogP contribution in [0.4, 0.5) is 0 Å². The third-order valence-corrected chi connectivity index (χ3v) is 5.68. The number of likely N-dealkylation sites (tertiary alicyclic amines) is 1. The molecule has 9 heteroatoms. The van der Waals surface area contributed by atoms with Gasteiger partial charge in [-0.3, -0.25) is 9.69 Å². The molecule has 2 heterocycles. The number of rotatable bonds is 7. The van der Waals surface area contributed by atoms with Crippen molar-refractivity contribution >= 4 is 16.0 Å². The van der Waals surface area contributed by atoms with Crippen LogP contribution in [0.1, 0.15) is 17.9 Å². The molecule has 2 rings (SSSR count). The lowest BCUT2D eigenvalue weighted by atomic mass is 10.1. The normalized spacial score (nSPS) is 22.6. The molecular formula is C15H25N3O5S. The lowest BCUT2D eigenvalue weighted by Gasteiger charge is -2.20. The van der Waals surface area contributed by atoms with Crippen LogP contribution in [-0.2, 0) is 27.9 Å². The average molecular weight is 359 g/mol. The van der Waals surface area contributed by atoms with Gasteiger partial charge in [0.05, 0.1) is 19.3 Å². The monoisotopic (exact) mass is 359 g/mol. The smallest absolute Gasteiger partial charge is 0.320 e. The molecule has 8 nitrogen and oxygen atoms in total. The Labute approximate surface area is 142 Å². The highest BCUT2D eigenvalue weighted by Crippen LogP contribution is 2.24. The summed E-state index contributed by atoms with van der Waals surface area (Å²) in [5.74, 6) is 0.341. The summed E-state index contributed by atoms with van der Waals surface area (Å²) in [5, 5.41) is 9.41. The van der Waals surface area contributed by atoms with Gasteiger partial charge in [-0.1, -0.05) is 0 Å². The molecule has 1 aromatic heterocycles. The molecule has 0 aliphatic carbocycles. The molecule has 1 aliphatic heterocycles. The van der Waals surface area contributed by atoms with Crippen LogP contribution in [0.15, 0.2) is 16.5 Å². The van der Waals surface area contributed by atoms with Crippen molar-refractivity contribution < 1.29 is 22.7 Å². The Hall–Kier alpha value is -1.42. The number of carbonyl (C=O) groups is 1. The maximum Gasteiger partial charge on any atom is 0.320 e. The van der Waals surface area contributed by atoms with Crippen molar-refractivity contribution in [2.45, 2.75) is 31.6 Å². The first-order chi connectivity index (χ1) is 11.1. The second-order valence-corrected chi connectivity index (χ2v) is 8.61. The highest BCUT2D eigenvalue weighted by atomic mass is 32.2. The van der Waals surface area contributed by atoms with E-state index in [1.807, 2.05) is 23.9 Å². The minimum absolute atomic E-state index is 0.154. The van der Waals surface area contributed by atoms with E-state index in [2.05, 4.69) is 0 Å². The first-order valence-electron chi connectivity index (χ1n) is 7.70. The van der Waals surface area contributed by atoms with E-state index in [1.165, 1.54) is 11.4 Å². The molecule has 1 N–H and O–H groups in total. The number of carboxylic acids is 1. The SMILES string of the molecule is CN(C)[C@@H]1C[C@@H](C(=O)O)N(Cc2ccc(CN(C)S(C)(=O)=O)o2)C1. The van der Waals surface area contributed by atoms with Crippen molar-refractivity contribution in [3.63, 3.8) is 0 Å². The van der Waals surface area contributed by atoms with E-state index in [-0.39, 0.29) is 12.6 Å². The Morgan fingerprint density at radius 3 is 2.50 bits per heavy atom. The number of sulfonamides is 1. The van der Waals surface area contributed by atoms with E-state index >= 15 is 0 Å². The fourth-order valence-corrected chi connectivity index (χ4v) is 3.18. The van der Waals surface area contributed by atoms with Gasteiger partial charge in [-0.05, 0) is 32.6 Å². The van der Waals surface area contributed by atoms with Gasteiger partial charge in [0, 0.05) is 19.6 Å². The van der Waals surface area contributed by atoms with Crippen molar-refractivity contribution in [3.05, 3.63) is 23.7 Å². The molecule has 24 heavy (non-hydrogen) atoms. The fraction of sp³-hybridized carbons (Fsp3) is 0.667. The van der Waals surface area contributed by atoms with Crippen LogP contribution < -0.4 is 0 Å². The summed E-state index contributed by atoms with van der Waals surface area (Å²) >= 11 is 0. The quantitative estimate of drug-likeness (QED) is 0.746. The minimum Gasteiger partial charge on any atom is -0.480 e. The molecule has 1 saturated heterocycles. The van der Waals surface area contributed by atoms with Crippen LogP contribution in [0, 0.1) is 0 Å². The Morgan fingerprint density at radius 2 is 1.96 bits per heavy atom. The van der Waals surface area contributed by atoms with E-state index < -0.39 is 22.0 Å². The third-order valence-electron chi connectivity index (χ3n) is 4.42. The average Bonchev–Trinajstić information content (AvgIpc) is 3.05. The van der Waals surface area contributed by atoms with Crippen molar-refractivity contribution in [2.24, 2.45) is 0 Å². The molecule has 0 spiro atoms. The molecular weight excluding hydrogens is 334 g/mol. The number of hydrogen-bond acceptors (Lipinski definition) is 6. The summed E-state index contributed by atoms with van der Waals surface area (Å²) in [6.07, 6.45) is 1.71. The zero-order valence-electron chi connectivity index (χ0n) is 14.5. The number of carboxylic acid groups (broad SMARTS) is 1. The van der Waals surface area contributed by atoms with Gasteiger partial charge in [0.15, 0.2) is 0 Å². The van der Waals surface area contributed by atoms with Crippen molar-refractivity contribution in [1.82, 2.24) is 14.1 Å². The van der Waals surface area contributed by atoms with Crippen LogP contribution in [0.25, 0.3) is 0 Å². The first kappa shape index (κ1) is 18.9. The van der Waals surface area contributed by atoms with Crippen LogP contribution >= 0.6 is 0 Å². The van der Waals surface area contributed by atoms with Crippen LogP contribution in [0.2, 0.25) is 0 Å². The van der Waals surface area contributed by atoms with Crippen LogP contribution in [0.5, 0.6) is 0 Å². The predicted molar refractivity (Wildman–Crippen MR) is 88.9 cm³/mol. The van der Waals surface area contributed by atoms with Gasteiger partial charge in [-0.2, -0.15) is 4.31 Å². The summed E-state index contributed by atoms with van der Waals surface area (Å²) in [6.45, 7) is 1.20. The Bertz CT molecular complexity index is 685. The second kappa shape index (κ2) is 7.22. The number of furan rings is 1. The van der Waals surface area contributed by atoms with Gasteiger partial charge < -0.3 is 14.4 Å². The number of likely N-dealkylation sites (N-methyl/N-ethyl adjacent to an activating group) is 1. The van der Waals surface area contributed by atoms with E-state index in [4.69, 9.17) is 4.42 Å². The molecule has 1 aliphatic rings. The molecule has 0 saturated carbocycles. The number of aliphatic carboxylic acids is 1. The van der Waals surface area contributed by atoms with Gasteiger partial charge in [-0.15, -0.1) is 0 Å². The van der Waals surface area contributed by atoms with E-state index in [9.17, 15) is 18.3 Å². The molecule has 0 unspecified atom stereocenters. The molecule has 0 amide bonds. The van der Waals surface area contributed by atoms with Crippen LogP contribution in [-0.4, -0.2) is 79.6 Å². The highest BCUT2D eigenvalue weighted by Gasteiger charge is 2.38. The fourth-order valence-electron chi connectivity index (χ4n) is 2.81. The van der Waals surface area contributed by atoms with Crippen LogP contribution in [0.3, 0.4) is 0 Å². The van der Waals surface area contributed by atoms with E-state index in [1.54, 1.807) is 12.1 Å². The van der Waals surface area contributed by atoms with Gasteiger partial charge >= 0.3 is 5.97 Å². The molecule has 0 aromatic carbocycles.